The topological polar surface area (TPSA) is 93.3 Å². The number of H-pyrrole nitrogens is 1. The summed E-state index contributed by atoms with van der Waals surface area (Å²) in [5.74, 6) is 1.59. The Hall–Kier alpha value is -2.74. The quantitative estimate of drug-likeness (QED) is 0.439. The molecule has 5 aliphatic carbocycles. The molecule has 4 bridgehead atoms. The lowest BCUT2D eigenvalue weighted by Crippen LogP contribution is -2.51. The second-order valence-corrected chi connectivity index (χ2v) is 11.8. The Morgan fingerprint density at radius 1 is 1.08 bits per heavy atom. The van der Waals surface area contributed by atoms with E-state index in [0.29, 0.717) is 29.6 Å². The number of amides is 1. The van der Waals surface area contributed by atoms with Crippen LogP contribution in [0.2, 0.25) is 0 Å². The van der Waals surface area contributed by atoms with Crippen molar-refractivity contribution in [2.45, 2.75) is 88.8 Å². The molecule has 5 fully saturated rings. The number of aromatic nitrogens is 2. The van der Waals surface area contributed by atoms with Gasteiger partial charge in [-0.05, 0) is 87.3 Å². The molecule has 7 nitrogen and oxygen atoms in total. The number of rotatable bonds is 7. The summed E-state index contributed by atoms with van der Waals surface area (Å²) in [6.45, 7) is 0.325. The number of methoxy groups -OCH3 is 1. The summed E-state index contributed by atoms with van der Waals surface area (Å²) in [6, 6.07) is 3.87. The summed E-state index contributed by atoms with van der Waals surface area (Å²) in [7, 11) is 1.19. The number of imidazole rings is 1. The molecule has 1 heterocycles. The van der Waals surface area contributed by atoms with Gasteiger partial charge in [0.15, 0.2) is 5.69 Å². The Labute approximate surface area is 216 Å². The van der Waals surface area contributed by atoms with Gasteiger partial charge in [0.1, 0.15) is 11.6 Å². The van der Waals surface area contributed by atoms with Crippen molar-refractivity contribution in [2.24, 2.45) is 17.8 Å². The Balaban J connectivity index is 1.24. The second kappa shape index (κ2) is 9.86. The largest absolute Gasteiger partial charge is 0.465 e. The predicted octanol–water partition coefficient (Wildman–Crippen LogP) is 6.12. The minimum absolute atomic E-state index is 0.0784. The molecule has 37 heavy (non-hydrogen) atoms. The van der Waals surface area contributed by atoms with Crippen LogP contribution in [-0.2, 0) is 16.1 Å². The number of benzene rings is 1. The normalized spacial score (nSPS) is 28.9. The molecule has 5 aliphatic rings. The molecule has 7 rings (SSSR count). The van der Waals surface area contributed by atoms with Crippen molar-refractivity contribution in [3.8, 4) is 0 Å². The van der Waals surface area contributed by atoms with E-state index in [0.717, 1.165) is 74.6 Å². The molecule has 0 unspecified atom stereocenters. The van der Waals surface area contributed by atoms with Crippen LogP contribution in [0.3, 0.4) is 0 Å². The van der Waals surface area contributed by atoms with Gasteiger partial charge in [0.2, 0.25) is 0 Å². The summed E-state index contributed by atoms with van der Waals surface area (Å²) in [4.78, 5) is 33.6. The van der Waals surface area contributed by atoms with Gasteiger partial charge in [0.05, 0.1) is 30.6 Å². The highest BCUT2D eigenvalue weighted by molar-refractivity contribution is 6.04. The smallest absolute Gasteiger partial charge is 0.340 e. The number of ether oxygens (including phenoxy) is 2. The second-order valence-electron chi connectivity index (χ2n) is 11.8. The fourth-order valence-corrected chi connectivity index (χ4v) is 7.78. The summed E-state index contributed by atoms with van der Waals surface area (Å²) < 4.78 is 25.5. The van der Waals surface area contributed by atoms with Crippen LogP contribution in [0.25, 0.3) is 0 Å². The van der Waals surface area contributed by atoms with Gasteiger partial charge >= 0.3 is 5.97 Å². The first-order chi connectivity index (χ1) is 17.9. The van der Waals surface area contributed by atoms with Crippen LogP contribution in [0, 0.1) is 23.6 Å². The first kappa shape index (κ1) is 24.6. The van der Waals surface area contributed by atoms with Gasteiger partial charge in [0.25, 0.3) is 5.91 Å². The molecule has 0 spiro atoms. The zero-order chi connectivity index (χ0) is 25.6. The van der Waals surface area contributed by atoms with E-state index < -0.39 is 17.7 Å². The molecule has 8 heteroatoms. The third kappa shape index (κ3) is 4.92. The molecule has 0 radical (unpaired) electrons. The van der Waals surface area contributed by atoms with Crippen LogP contribution in [0.1, 0.15) is 109 Å². The molecule has 1 aromatic heterocycles. The summed E-state index contributed by atoms with van der Waals surface area (Å²) in [5.41, 5.74) is 1.02. The minimum atomic E-state index is -0.794. The SMILES string of the molecule is COC(=O)c1cc(NC(=O)c2nc(C3CCCCC3)[nH]c2COC23CC4CC(CC(C4)C2)C3)ccc1F. The van der Waals surface area contributed by atoms with E-state index >= 15 is 0 Å². The van der Waals surface area contributed by atoms with Crippen LogP contribution in [0.15, 0.2) is 18.2 Å². The van der Waals surface area contributed by atoms with Crippen molar-refractivity contribution in [3.63, 3.8) is 0 Å². The van der Waals surface area contributed by atoms with Gasteiger partial charge in [-0.25, -0.2) is 14.2 Å². The van der Waals surface area contributed by atoms with Gasteiger partial charge in [-0.2, -0.15) is 0 Å². The highest BCUT2D eigenvalue weighted by Crippen LogP contribution is 2.57. The maximum atomic E-state index is 14.1. The number of carbonyl (C=O) groups excluding carboxylic acids is 2. The maximum Gasteiger partial charge on any atom is 0.340 e. The molecular weight excluding hydrogens is 473 g/mol. The molecular formula is C29H36FN3O4. The molecule has 5 saturated carbocycles. The van der Waals surface area contributed by atoms with Crippen molar-refractivity contribution in [1.82, 2.24) is 9.97 Å². The van der Waals surface area contributed by atoms with E-state index in [4.69, 9.17) is 9.72 Å². The van der Waals surface area contributed by atoms with Crippen LogP contribution in [0.4, 0.5) is 10.1 Å². The van der Waals surface area contributed by atoms with Gasteiger partial charge in [0, 0.05) is 11.6 Å². The van der Waals surface area contributed by atoms with E-state index in [1.165, 1.54) is 44.9 Å². The molecule has 1 aromatic carbocycles. The minimum Gasteiger partial charge on any atom is -0.465 e. The number of aromatic amines is 1. The fraction of sp³-hybridized carbons (Fsp3) is 0.621. The molecule has 0 saturated heterocycles. The van der Waals surface area contributed by atoms with Crippen molar-refractivity contribution in [1.29, 1.82) is 0 Å². The number of halogens is 1. The highest BCUT2D eigenvalue weighted by atomic mass is 19.1. The van der Waals surface area contributed by atoms with Crippen molar-refractivity contribution < 1.29 is 23.5 Å². The fourth-order valence-electron chi connectivity index (χ4n) is 7.78. The standard InChI is InChI=1S/C29H36FN3O4/c1-36-28(35)22-12-21(7-8-23(22)30)31-27(34)25-24(32-26(33-25)20-5-3-2-4-6-20)16-37-29-13-17-9-18(14-29)11-19(10-17)15-29/h7-8,12,17-20H,2-6,9-11,13-16H2,1H3,(H,31,34)(H,32,33). The third-order valence-corrected chi connectivity index (χ3v) is 9.14. The average Bonchev–Trinajstić information content (AvgIpc) is 3.33. The molecule has 0 atom stereocenters. The molecule has 0 aliphatic heterocycles. The van der Waals surface area contributed by atoms with E-state index in [1.54, 1.807) is 0 Å². The van der Waals surface area contributed by atoms with E-state index in [2.05, 4.69) is 15.0 Å². The van der Waals surface area contributed by atoms with Gasteiger partial charge in [-0.1, -0.05) is 19.3 Å². The molecule has 198 valence electrons. The van der Waals surface area contributed by atoms with E-state index in [9.17, 15) is 14.0 Å². The Kier molecular flexibility index (Phi) is 6.55. The predicted molar refractivity (Wildman–Crippen MR) is 136 cm³/mol. The lowest BCUT2D eigenvalue weighted by molar-refractivity contribution is -0.169. The van der Waals surface area contributed by atoms with Gasteiger partial charge in [-0.3, -0.25) is 4.79 Å². The number of hydrogen-bond acceptors (Lipinski definition) is 5. The summed E-state index contributed by atoms with van der Waals surface area (Å²) in [5, 5.41) is 2.80. The third-order valence-electron chi connectivity index (χ3n) is 9.14. The molecule has 2 N–H and O–H groups in total. The number of anilines is 1. The van der Waals surface area contributed by atoms with Gasteiger partial charge in [-0.15, -0.1) is 0 Å². The number of hydrogen-bond donors (Lipinski definition) is 2. The van der Waals surface area contributed by atoms with Crippen LogP contribution >= 0.6 is 0 Å². The van der Waals surface area contributed by atoms with Crippen molar-refractivity contribution >= 4 is 17.6 Å². The Morgan fingerprint density at radius 2 is 1.76 bits per heavy atom. The lowest BCUT2D eigenvalue weighted by Gasteiger charge is -2.56. The number of esters is 1. The summed E-state index contributed by atoms with van der Waals surface area (Å²) >= 11 is 0. The van der Waals surface area contributed by atoms with Gasteiger partial charge < -0.3 is 19.8 Å². The number of nitrogens with zero attached hydrogens (tertiary/aromatic N) is 1. The maximum absolute atomic E-state index is 14.1. The van der Waals surface area contributed by atoms with Crippen molar-refractivity contribution in [2.75, 3.05) is 12.4 Å². The first-order valence-corrected chi connectivity index (χ1v) is 13.8. The van der Waals surface area contributed by atoms with Crippen LogP contribution in [-0.4, -0.2) is 34.6 Å². The monoisotopic (exact) mass is 509 g/mol. The molecule has 2 aromatic rings. The average molecular weight is 510 g/mol. The van der Waals surface area contributed by atoms with Crippen molar-refractivity contribution in [3.05, 3.63) is 46.8 Å². The number of carbonyl (C=O) groups is 2. The highest BCUT2D eigenvalue weighted by Gasteiger charge is 2.51. The zero-order valence-electron chi connectivity index (χ0n) is 21.5. The number of nitrogens with one attached hydrogen (secondary N) is 2. The zero-order valence-corrected chi connectivity index (χ0v) is 21.5. The van der Waals surface area contributed by atoms with E-state index in [1.807, 2.05) is 0 Å². The Morgan fingerprint density at radius 3 is 2.41 bits per heavy atom. The molecule has 1 amide bonds. The first-order valence-electron chi connectivity index (χ1n) is 13.8. The Bertz CT molecular complexity index is 1150. The van der Waals surface area contributed by atoms with E-state index in [-0.39, 0.29) is 11.2 Å². The van der Waals surface area contributed by atoms with Crippen LogP contribution in [0.5, 0.6) is 0 Å². The lowest BCUT2D eigenvalue weighted by atomic mass is 9.54. The summed E-state index contributed by atoms with van der Waals surface area (Å²) in [6.07, 6.45) is 13.1. The van der Waals surface area contributed by atoms with Crippen LogP contribution < -0.4 is 5.32 Å².